The lowest BCUT2D eigenvalue weighted by atomic mass is 9.92. The Morgan fingerprint density at radius 3 is 2.66 bits per heavy atom. The predicted octanol–water partition coefficient (Wildman–Crippen LogP) is 5.74. The number of carboxylic acids is 1. The van der Waals surface area contributed by atoms with Crippen molar-refractivity contribution in [3.8, 4) is 22.6 Å². The molecule has 6 rings (SSSR count). The van der Waals surface area contributed by atoms with Crippen LogP contribution in [0.5, 0.6) is 11.5 Å². The van der Waals surface area contributed by atoms with Crippen molar-refractivity contribution in [1.29, 1.82) is 0 Å². The summed E-state index contributed by atoms with van der Waals surface area (Å²) in [7, 11) is -2.89. The van der Waals surface area contributed by atoms with Crippen LogP contribution in [0.1, 0.15) is 47.4 Å². The van der Waals surface area contributed by atoms with Crippen molar-refractivity contribution in [2.24, 2.45) is 11.8 Å². The maximum atomic E-state index is 14.7. The van der Waals surface area contributed by atoms with Crippen LogP contribution in [0.15, 0.2) is 48.5 Å². The number of sulfone groups is 1. The van der Waals surface area contributed by atoms with E-state index in [2.05, 4.69) is 24.4 Å². The molecule has 2 heterocycles. The highest BCUT2D eigenvalue weighted by Gasteiger charge is 2.45. The van der Waals surface area contributed by atoms with Crippen LogP contribution < -0.4 is 14.8 Å². The first kappa shape index (κ1) is 27.6. The Bertz CT molecular complexity index is 1590. The van der Waals surface area contributed by atoms with Gasteiger partial charge in [0, 0.05) is 30.1 Å². The smallest absolute Gasteiger partial charge is 0.307 e. The van der Waals surface area contributed by atoms with Crippen LogP contribution in [0.25, 0.3) is 11.1 Å². The van der Waals surface area contributed by atoms with Gasteiger partial charge in [0.15, 0.2) is 0 Å². The number of fused-ring (bicyclic) bond motifs is 3. The van der Waals surface area contributed by atoms with Crippen LogP contribution in [-0.4, -0.2) is 44.2 Å². The third kappa shape index (κ3) is 6.05. The third-order valence-electron chi connectivity index (χ3n) is 8.50. The second-order valence-electron chi connectivity index (χ2n) is 11.5. The van der Waals surface area contributed by atoms with E-state index in [9.17, 15) is 17.6 Å². The van der Waals surface area contributed by atoms with E-state index in [0.29, 0.717) is 50.3 Å². The van der Waals surface area contributed by atoms with E-state index < -0.39 is 21.7 Å². The van der Waals surface area contributed by atoms with Gasteiger partial charge in [0.1, 0.15) is 27.2 Å². The first-order chi connectivity index (χ1) is 19.7. The molecule has 3 aromatic carbocycles. The maximum absolute atomic E-state index is 14.7. The van der Waals surface area contributed by atoms with Crippen molar-refractivity contribution < 1.29 is 32.2 Å². The molecule has 0 amide bonds. The van der Waals surface area contributed by atoms with E-state index in [-0.39, 0.29) is 29.2 Å². The third-order valence-corrected chi connectivity index (χ3v) is 10.2. The van der Waals surface area contributed by atoms with Gasteiger partial charge in [-0.3, -0.25) is 4.79 Å². The van der Waals surface area contributed by atoms with E-state index in [1.807, 2.05) is 18.2 Å². The summed E-state index contributed by atoms with van der Waals surface area (Å²) in [6.45, 7) is 3.62. The van der Waals surface area contributed by atoms with Crippen LogP contribution >= 0.6 is 0 Å². The Labute approximate surface area is 239 Å². The Morgan fingerprint density at radius 1 is 1.12 bits per heavy atom. The molecule has 0 radical (unpaired) electrons. The van der Waals surface area contributed by atoms with E-state index >= 15 is 0 Å². The summed E-state index contributed by atoms with van der Waals surface area (Å²) in [4.78, 5) is 11.2. The molecule has 2 atom stereocenters. The van der Waals surface area contributed by atoms with Gasteiger partial charge in [0.2, 0.25) is 0 Å². The summed E-state index contributed by atoms with van der Waals surface area (Å²) in [5, 5.41) is 12.4. The zero-order valence-corrected chi connectivity index (χ0v) is 23.8. The summed E-state index contributed by atoms with van der Waals surface area (Å²) in [6.07, 6.45) is 2.52. The first-order valence-corrected chi connectivity index (χ1v) is 16.0. The van der Waals surface area contributed by atoms with Gasteiger partial charge in [0.25, 0.3) is 0 Å². The second kappa shape index (κ2) is 11.0. The molecule has 2 aliphatic heterocycles. The van der Waals surface area contributed by atoms with E-state index in [1.165, 1.54) is 6.07 Å². The summed E-state index contributed by atoms with van der Waals surface area (Å²) in [6, 6.07) is 15.1. The molecule has 1 aliphatic carbocycles. The average molecular weight is 580 g/mol. The molecule has 3 aromatic rings. The Morgan fingerprint density at radius 2 is 1.93 bits per heavy atom. The molecule has 0 aromatic heterocycles. The number of nitrogens with one attached hydrogen (secondary N) is 1. The number of aliphatic carboxylic acids is 1. The van der Waals surface area contributed by atoms with Crippen molar-refractivity contribution in [3.63, 3.8) is 0 Å². The minimum atomic E-state index is -2.89. The van der Waals surface area contributed by atoms with Crippen molar-refractivity contribution in [2.45, 2.75) is 45.1 Å². The minimum Gasteiger partial charge on any atom is -0.493 e. The van der Waals surface area contributed by atoms with Crippen LogP contribution in [-0.2, 0) is 27.6 Å². The zero-order chi connectivity index (χ0) is 28.7. The molecular weight excluding hydrogens is 545 g/mol. The van der Waals surface area contributed by atoms with Gasteiger partial charge in [-0.15, -0.1) is 0 Å². The van der Waals surface area contributed by atoms with Crippen LogP contribution in [0, 0.1) is 24.6 Å². The number of rotatable bonds is 8. The number of ether oxygens (including phenoxy) is 2. The number of halogens is 1. The molecule has 0 spiro atoms. The van der Waals surface area contributed by atoms with Crippen LogP contribution in [0.4, 0.5) is 10.1 Å². The SMILES string of the molecule is Cc1cc(OCC2CCS(=O)(=O)CC2)cc2c1-c1cc(CNc3ccc([C@H]4C[C@@H]4C(=O)O)c(F)c3)ccc1OCC2. The van der Waals surface area contributed by atoms with E-state index in [1.54, 1.807) is 12.1 Å². The lowest BCUT2D eigenvalue weighted by Gasteiger charge is -2.22. The minimum absolute atomic E-state index is 0.240. The van der Waals surface area contributed by atoms with Gasteiger partial charge in [-0.25, -0.2) is 12.8 Å². The topological polar surface area (TPSA) is 102 Å². The number of hydrogen-bond donors (Lipinski definition) is 2. The van der Waals surface area contributed by atoms with Crippen molar-refractivity contribution in [2.75, 3.05) is 30.0 Å². The fraction of sp³-hybridized carbons (Fsp3) is 0.406. The molecule has 1 saturated heterocycles. The molecule has 1 saturated carbocycles. The van der Waals surface area contributed by atoms with Gasteiger partial charge in [-0.1, -0.05) is 12.1 Å². The van der Waals surface area contributed by atoms with Crippen LogP contribution in [0.2, 0.25) is 0 Å². The lowest BCUT2D eigenvalue weighted by molar-refractivity contribution is -0.138. The lowest BCUT2D eigenvalue weighted by Crippen LogP contribution is -2.26. The van der Waals surface area contributed by atoms with Crippen molar-refractivity contribution >= 4 is 21.5 Å². The highest BCUT2D eigenvalue weighted by atomic mass is 32.2. The molecule has 216 valence electrons. The van der Waals surface area contributed by atoms with Gasteiger partial charge < -0.3 is 19.9 Å². The molecule has 9 heteroatoms. The number of carbonyl (C=O) groups is 1. The summed E-state index contributed by atoms with van der Waals surface area (Å²) < 4.78 is 50.4. The monoisotopic (exact) mass is 579 g/mol. The van der Waals surface area contributed by atoms with Crippen molar-refractivity contribution in [3.05, 3.63) is 76.6 Å². The maximum Gasteiger partial charge on any atom is 0.307 e. The molecule has 2 N–H and O–H groups in total. The number of anilines is 1. The Balaban J connectivity index is 1.16. The molecule has 7 nitrogen and oxygen atoms in total. The van der Waals surface area contributed by atoms with Gasteiger partial charge in [-0.05, 0) is 96.3 Å². The zero-order valence-electron chi connectivity index (χ0n) is 23.0. The highest BCUT2D eigenvalue weighted by Crippen LogP contribution is 2.48. The van der Waals surface area contributed by atoms with Crippen LogP contribution in [0.3, 0.4) is 0 Å². The quantitative estimate of drug-likeness (QED) is 0.351. The fourth-order valence-electron chi connectivity index (χ4n) is 6.04. The second-order valence-corrected chi connectivity index (χ2v) is 13.8. The fourth-order valence-corrected chi connectivity index (χ4v) is 7.63. The van der Waals surface area contributed by atoms with Crippen molar-refractivity contribution in [1.82, 2.24) is 0 Å². The normalized spacial score (nSPS) is 21.1. The predicted molar refractivity (Wildman–Crippen MR) is 155 cm³/mol. The molecule has 2 fully saturated rings. The number of aryl methyl sites for hydroxylation is 1. The molecular formula is C32H34FNO6S. The Hall–Kier alpha value is -3.59. The summed E-state index contributed by atoms with van der Waals surface area (Å²) in [5.74, 6) is 0.356. The highest BCUT2D eigenvalue weighted by molar-refractivity contribution is 7.91. The molecule has 0 bridgehead atoms. The van der Waals surface area contributed by atoms with Gasteiger partial charge >= 0.3 is 5.97 Å². The molecule has 3 aliphatic rings. The Kier molecular flexibility index (Phi) is 7.40. The van der Waals surface area contributed by atoms with Gasteiger partial charge in [-0.2, -0.15) is 0 Å². The molecule has 41 heavy (non-hydrogen) atoms. The summed E-state index contributed by atoms with van der Waals surface area (Å²) >= 11 is 0. The standard InChI is InChI=1S/C32H34FNO6S/c1-19-12-24(40-18-20-7-10-41(37,38)11-8-20)14-22-6-9-39-30-5-2-21(13-28(30)31(19)22)17-34-23-3-4-25(29(33)15-23)26-16-27(26)32(35)36/h2-5,12-15,20,26-27,34H,6-11,16-18H2,1H3,(H,35,36)/t26-,27+/m1/s1. The number of benzene rings is 3. The first-order valence-electron chi connectivity index (χ1n) is 14.2. The largest absolute Gasteiger partial charge is 0.493 e. The van der Waals surface area contributed by atoms with E-state index in [4.69, 9.17) is 14.6 Å². The summed E-state index contributed by atoms with van der Waals surface area (Å²) in [5.41, 5.74) is 6.48. The van der Waals surface area contributed by atoms with E-state index in [0.717, 1.165) is 45.7 Å². The number of carboxylic acid groups (broad SMARTS) is 1. The molecule has 0 unspecified atom stereocenters. The average Bonchev–Trinajstić information content (AvgIpc) is 3.75. The van der Waals surface area contributed by atoms with Gasteiger partial charge in [0.05, 0.1) is 30.6 Å². The number of hydrogen-bond acceptors (Lipinski definition) is 6.